The van der Waals surface area contributed by atoms with Gasteiger partial charge >= 0.3 is 0 Å². The highest BCUT2D eigenvalue weighted by Gasteiger charge is 2.29. The number of nitrogens with one attached hydrogen (secondary N) is 1. The van der Waals surface area contributed by atoms with Crippen molar-refractivity contribution in [3.63, 3.8) is 0 Å². The van der Waals surface area contributed by atoms with Crippen molar-refractivity contribution in [2.24, 2.45) is 11.8 Å². The maximum Gasteiger partial charge on any atom is 0.257 e. The fourth-order valence-electron chi connectivity index (χ4n) is 3.33. The van der Waals surface area contributed by atoms with Crippen LogP contribution in [-0.2, 0) is 9.53 Å². The second-order valence-electron chi connectivity index (χ2n) is 7.11. The van der Waals surface area contributed by atoms with E-state index in [1.54, 1.807) is 18.4 Å². The Kier molecular flexibility index (Phi) is 5.54. The van der Waals surface area contributed by atoms with E-state index in [4.69, 9.17) is 9.15 Å². The third kappa shape index (κ3) is 4.00. The van der Waals surface area contributed by atoms with Gasteiger partial charge in [0.2, 0.25) is 0 Å². The Morgan fingerprint density at radius 2 is 2.11 bits per heavy atom. The van der Waals surface area contributed by atoms with Gasteiger partial charge in [-0.3, -0.25) is 14.9 Å². The molecule has 7 heteroatoms. The first-order valence-electron chi connectivity index (χ1n) is 9.48. The van der Waals surface area contributed by atoms with Crippen molar-refractivity contribution in [3.05, 3.63) is 47.1 Å². The van der Waals surface area contributed by atoms with Crippen LogP contribution in [0, 0.1) is 11.8 Å². The summed E-state index contributed by atoms with van der Waals surface area (Å²) in [6.07, 6.45) is 9.56. The summed E-state index contributed by atoms with van der Waals surface area (Å²) in [6, 6.07) is 3.53. The Labute approximate surface area is 167 Å². The third-order valence-corrected chi connectivity index (χ3v) is 5.98. The quantitative estimate of drug-likeness (QED) is 0.752. The largest absolute Gasteiger partial charge is 0.463 e. The van der Waals surface area contributed by atoms with Gasteiger partial charge in [-0.1, -0.05) is 36.5 Å². The molecule has 0 spiro atoms. The number of ketones is 1. The van der Waals surface area contributed by atoms with Crippen molar-refractivity contribution >= 4 is 28.2 Å². The number of hydrogen-bond donors (Lipinski definition) is 1. The SMILES string of the molecule is CC1C=CC(C(=O)Nc2nc(-c3ccco3)c(C(=O)C3CCOCC3)s2)=CC1. The van der Waals surface area contributed by atoms with Crippen LogP contribution < -0.4 is 5.32 Å². The summed E-state index contributed by atoms with van der Waals surface area (Å²) in [5.74, 6) is 0.701. The van der Waals surface area contributed by atoms with Gasteiger partial charge in [-0.15, -0.1) is 0 Å². The molecule has 0 radical (unpaired) electrons. The zero-order valence-corrected chi connectivity index (χ0v) is 16.5. The van der Waals surface area contributed by atoms with Crippen molar-refractivity contribution in [2.75, 3.05) is 18.5 Å². The van der Waals surface area contributed by atoms with Gasteiger partial charge in [0.05, 0.1) is 6.26 Å². The van der Waals surface area contributed by atoms with Gasteiger partial charge in [-0.2, -0.15) is 0 Å². The number of amides is 1. The first-order valence-corrected chi connectivity index (χ1v) is 10.3. The monoisotopic (exact) mass is 398 g/mol. The van der Waals surface area contributed by atoms with Crippen LogP contribution in [0.1, 0.15) is 35.9 Å². The number of Topliss-reactive ketones (excluding diaryl/α,β-unsaturated/α-hetero) is 1. The molecular formula is C21H22N2O4S. The molecule has 2 aliphatic rings. The van der Waals surface area contributed by atoms with E-state index in [0.29, 0.717) is 59.0 Å². The van der Waals surface area contributed by atoms with Crippen molar-refractivity contribution < 1.29 is 18.7 Å². The molecular weight excluding hydrogens is 376 g/mol. The van der Waals surface area contributed by atoms with Crippen LogP contribution in [0.4, 0.5) is 5.13 Å². The first kappa shape index (κ1) is 18.8. The molecule has 28 heavy (non-hydrogen) atoms. The average molecular weight is 398 g/mol. The number of furan rings is 1. The summed E-state index contributed by atoms with van der Waals surface area (Å²) in [7, 11) is 0. The molecule has 0 bridgehead atoms. The summed E-state index contributed by atoms with van der Waals surface area (Å²) in [5.41, 5.74) is 1.11. The number of ether oxygens (including phenoxy) is 1. The van der Waals surface area contributed by atoms with E-state index >= 15 is 0 Å². The highest BCUT2D eigenvalue weighted by atomic mass is 32.1. The van der Waals surface area contributed by atoms with Crippen LogP contribution in [0.3, 0.4) is 0 Å². The number of anilines is 1. The molecule has 1 saturated heterocycles. The van der Waals surface area contributed by atoms with Gasteiger partial charge in [0.1, 0.15) is 10.6 Å². The fourth-order valence-corrected chi connectivity index (χ4v) is 4.32. The van der Waals surface area contributed by atoms with E-state index in [1.165, 1.54) is 11.3 Å². The van der Waals surface area contributed by atoms with Crippen molar-refractivity contribution in [3.8, 4) is 11.5 Å². The third-order valence-electron chi connectivity index (χ3n) is 4.99. The molecule has 1 fully saturated rings. The standard InChI is InChI=1S/C21H22N2O4S/c1-13-4-6-15(7-5-13)20(25)23-21-22-17(16-3-2-10-27-16)19(28-21)18(24)14-8-11-26-12-9-14/h2-4,6-7,10,13-14H,5,8-9,11-12H2,1H3,(H,22,23,25). The van der Waals surface area contributed by atoms with Crippen molar-refractivity contribution in [1.29, 1.82) is 0 Å². The highest BCUT2D eigenvalue weighted by molar-refractivity contribution is 7.18. The topological polar surface area (TPSA) is 81.4 Å². The average Bonchev–Trinajstić information content (AvgIpc) is 3.38. The molecule has 3 heterocycles. The maximum atomic E-state index is 13.1. The molecule has 1 atom stereocenters. The molecule has 0 saturated carbocycles. The molecule has 2 aromatic rings. The highest BCUT2D eigenvalue weighted by Crippen LogP contribution is 2.35. The Morgan fingerprint density at radius 1 is 1.29 bits per heavy atom. The lowest BCUT2D eigenvalue weighted by Gasteiger charge is -2.20. The minimum absolute atomic E-state index is 0.0401. The van der Waals surface area contributed by atoms with E-state index in [-0.39, 0.29) is 17.6 Å². The Morgan fingerprint density at radius 3 is 2.79 bits per heavy atom. The van der Waals surface area contributed by atoms with Crippen LogP contribution in [0.15, 0.2) is 46.6 Å². The van der Waals surface area contributed by atoms with E-state index in [2.05, 4.69) is 17.2 Å². The van der Waals surface area contributed by atoms with Crippen LogP contribution in [0.25, 0.3) is 11.5 Å². The van der Waals surface area contributed by atoms with E-state index in [9.17, 15) is 9.59 Å². The van der Waals surface area contributed by atoms with Crippen LogP contribution in [0.5, 0.6) is 0 Å². The second kappa shape index (κ2) is 8.24. The Balaban J connectivity index is 1.59. The lowest BCUT2D eigenvalue weighted by atomic mass is 9.94. The van der Waals surface area contributed by atoms with Gasteiger partial charge in [0.15, 0.2) is 16.7 Å². The number of thiazole rings is 1. The smallest absolute Gasteiger partial charge is 0.257 e. The maximum absolute atomic E-state index is 13.1. The summed E-state index contributed by atoms with van der Waals surface area (Å²) in [6.45, 7) is 3.29. The molecule has 146 valence electrons. The Bertz CT molecular complexity index is 920. The summed E-state index contributed by atoms with van der Waals surface area (Å²) in [4.78, 5) is 30.7. The van der Waals surface area contributed by atoms with E-state index < -0.39 is 0 Å². The predicted octanol–water partition coefficient (Wildman–Crippen LogP) is 4.47. The molecule has 1 N–H and O–H groups in total. The molecule has 4 rings (SSSR count). The molecule has 6 nitrogen and oxygen atoms in total. The van der Waals surface area contributed by atoms with Crippen LogP contribution in [0.2, 0.25) is 0 Å². The zero-order chi connectivity index (χ0) is 19.5. The fraction of sp³-hybridized carbons (Fsp3) is 0.381. The van der Waals surface area contributed by atoms with Crippen molar-refractivity contribution in [1.82, 2.24) is 4.98 Å². The van der Waals surface area contributed by atoms with Gasteiger partial charge in [-0.25, -0.2) is 4.98 Å². The zero-order valence-electron chi connectivity index (χ0n) is 15.6. The molecule has 1 aliphatic carbocycles. The summed E-state index contributed by atoms with van der Waals surface area (Å²) in [5, 5.41) is 3.24. The van der Waals surface area contributed by atoms with Crippen LogP contribution >= 0.6 is 11.3 Å². The van der Waals surface area contributed by atoms with Gasteiger partial charge in [0, 0.05) is 24.7 Å². The van der Waals surface area contributed by atoms with Crippen LogP contribution in [-0.4, -0.2) is 29.9 Å². The number of hydrogen-bond acceptors (Lipinski definition) is 6. The Hall–Kier alpha value is -2.51. The van der Waals surface area contributed by atoms with Gasteiger partial charge in [-0.05, 0) is 37.3 Å². The van der Waals surface area contributed by atoms with Gasteiger partial charge < -0.3 is 9.15 Å². The first-order chi connectivity index (χ1) is 13.6. The predicted molar refractivity (Wildman–Crippen MR) is 107 cm³/mol. The molecule has 0 aromatic carbocycles. The lowest BCUT2D eigenvalue weighted by Crippen LogP contribution is -2.23. The van der Waals surface area contributed by atoms with E-state index in [0.717, 1.165) is 6.42 Å². The molecule has 1 unspecified atom stereocenters. The molecule has 2 aromatic heterocycles. The minimum atomic E-state index is -0.215. The number of aromatic nitrogens is 1. The number of carbonyl (C=O) groups is 2. The molecule has 1 amide bonds. The number of carbonyl (C=O) groups excluding carboxylic acids is 2. The van der Waals surface area contributed by atoms with Gasteiger partial charge in [0.25, 0.3) is 5.91 Å². The normalized spacial score (nSPS) is 20.0. The lowest BCUT2D eigenvalue weighted by molar-refractivity contribution is -0.112. The number of allylic oxidation sites excluding steroid dienone is 2. The summed E-state index contributed by atoms with van der Waals surface area (Å²) < 4.78 is 10.8. The number of nitrogens with zero attached hydrogens (tertiary/aromatic N) is 1. The number of rotatable bonds is 5. The van der Waals surface area contributed by atoms with E-state index in [1.807, 2.05) is 18.2 Å². The summed E-state index contributed by atoms with van der Waals surface area (Å²) >= 11 is 1.21. The minimum Gasteiger partial charge on any atom is -0.463 e. The van der Waals surface area contributed by atoms with Crippen molar-refractivity contribution in [2.45, 2.75) is 26.2 Å². The molecule has 1 aliphatic heterocycles. The second-order valence-corrected chi connectivity index (χ2v) is 8.11.